The maximum Gasteiger partial charge on any atom is 0.287 e. The van der Waals surface area contributed by atoms with Crippen LogP contribution in [0.3, 0.4) is 0 Å². The Balaban J connectivity index is 1.86. The molecule has 3 rings (SSSR count). The van der Waals surface area contributed by atoms with Gasteiger partial charge in [-0.2, -0.15) is 8.42 Å². The zero-order chi connectivity index (χ0) is 17.2. The highest BCUT2D eigenvalue weighted by molar-refractivity contribution is 7.90. The van der Waals surface area contributed by atoms with Crippen LogP contribution < -0.4 is 15.8 Å². The van der Waals surface area contributed by atoms with Gasteiger partial charge in [0.05, 0.1) is 11.3 Å². The van der Waals surface area contributed by atoms with Crippen LogP contribution in [0.4, 0.5) is 5.69 Å². The zero-order valence-corrected chi connectivity index (χ0v) is 13.6. The fourth-order valence-corrected chi connectivity index (χ4v) is 3.48. The van der Waals surface area contributed by atoms with Gasteiger partial charge in [-0.15, -0.1) is 4.40 Å². The van der Waals surface area contributed by atoms with Crippen molar-refractivity contribution in [2.45, 2.75) is 11.8 Å². The molecule has 2 N–H and O–H groups in total. The summed E-state index contributed by atoms with van der Waals surface area (Å²) in [6, 6.07) is 9.80. The molecule has 0 atom stereocenters. The van der Waals surface area contributed by atoms with Gasteiger partial charge < -0.3 is 4.90 Å². The largest absolute Gasteiger partial charge is 0.309 e. The van der Waals surface area contributed by atoms with E-state index >= 15 is 0 Å². The molecule has 2 heterocycles. The summed E-state index contributed by atoms with van der Waals surface area (Å²) in [5.74, 6) is -0.411. The predicted octanol–water partition coefficient (Wildman–Crippen LogP) is 0.901. The Kier molecular flexibility index (Phi) is 4.17. The first-order valence-corrected chi connectivity index (χ1v) is 8.65. The number of carbonyl (C=O) groups is 1. The minimum atomic E-state index is -3.83. The van der Waals surface area contributed by atoms with Gasteiger partial charge in [-0.3, -0.25) is 20.6 Å². The Morgan fingerprint density at radius 2 is 2.00 bits per heavy atom. The number of sulfonamides is 1. The van der Waals surface area contributed by atoms with E-state index < -0.39 is 15.9 Å². The van der Waals surface area contributed by atoms with Gasteiger partial charge in [0.25, 0.3) is 15.9 Å². The van der Waals surface area contributed by atoms with Gasteiger partial charge in [-0.1, -0.05) is 12.1 Å². The number of nitrogens with one attached hydrogen (secondary N) is 2. The van der Waals surface area contributed by atoms with Crippen LogP contribution in [-0.4, -0.2) is 31.8 Å². The number of amides is 1. The van der Waals surface area contributed by atoms with Crippen molar-refractivity contribution >= 4 is 27.6 Å². The highest BCUT2D eigenvalue weighted by Crippen LogP contribution is 2.30. The second-order valence-electron chi connectivity index (χ2n) is 4.92. The van der Waals surface area contributed by atoms with Crippen LogP contribution in [0.5, 0.6) is 0 Å². The molecule has 1 amide bonds. The van der Waals surface area contributed by atoms with Gasteiger partial charge in [-0.25, -0.2) is 0 Å². The lowest BCUT2D eigenvalue weighted by atomic mass is 10.3. The van der Waals surface area contributed by atoms with E-state index in [0.29, 0.717) is 17.8 Å². The topological polar surface area (TPSA) is 104 Å². The Morgan fingerprint density at radius 1 is 1.21 bits per heavy atom. The highest BCUT2D eigenvalue weighted by Gasteiger charge is 2.30. The lowest BCUT2D eigenvalue weighted by Gasteiger charge is -2.29. The van der Waals surface area contributed by atoms with E-state index in [1.807, 2.05) is 6.92 Å². The summed E-state index contributed by atoms with van der Waals surface area (Å²) >= 11 is 0. The van der Waals surface area contributed by atoms with Crippen molar-refractivity contribution < 1.29 is 13.2 Å². The van der Waals surface area contributed by atoms with E-state index in [4.69, 9.17) is 0 Å². The molecule has 0 aliphatic carbocycles. The van der Waals surface area contributed by atoms with Gasteiger partial charge in [-0.05, 0) is 31.2 Å². The lowest BCUT2D eigenvalue weighted by Crippen LogP contribution is -2.51. The SMILES string of the molecule is CCN1C(NNC(=O)c2cccnc2)=NS(=O)(=O)c2ccccc21. The van der Waals surface area contributed by atoms with Crippen LogP contribution in [0.25, 0.3) is 0 Å². The monoisotopic (exact) mass is 345 g/mol. The summed E-state index contributed by atoms with van der Waals surface area (Å²) in [5, 5.41) is 0. The zero-order valence-electron chi connectivity index (χ0n) is 12.8. The number of nitrogens with zero attached hydrogens (tertiary/aromatic N) is 3. The summed E-state index contributed by atoms with van der Waals surface area (Å²) in [4.78, 5) is 17.7. The molecule has 8 nitrogen and oxygen atoms in total. The fraction of sp³-hybridized carbons (Fsp3) is 0.133. The van der Waals surface area contributed by atoms with Crippen LogP contribution in [0, 0.1) is 0 Å². The van der Waals surface area contributed by atoms with E-state index in [2.05, 4.69) is 20.2 Å². The molecule has 0 saturated carbocycles. The molecule has 9 heteroatoms. The van der Waals surface area contributed by atoms with E-state index in [0.717, 1.165) is 0 Å². The van der Waals surface area contributed by atoms with Crippen molar-refractivity contribution in [1.29, 1.82) is 0 Å². The number of rotatable bonds is 2. The van der Waals surface area contributed by atoms with Gasteiger partial charge in [0.2, 0.25) is 5.96 Å². The Bertz CT molecular complexity index is 896. The molecule has 0 saturated heterocycles. The predicted molar refractivity (Wildman–Crippen MR) is 88.9 cm³/mol. The molecule has 0 fully saturated rings. The highest BCUT2D eigenvalue weighted by atomic mass is 32.2. The first-order valence-electron chi connectivity index (χ1n) is 7.21. The number of anilines is 1. The molecule has 2 aromatic rings. The second-order valence-corrected chi connectivity index (χ2v) is 6.50. The van der Waals surface area contributed by atoms with Crippen molar-refractivity contribution in [3.63, 3.8) is 0 Å². The molecule has 0 radical (unpaired) electrons. The standard InChI is InChI=1S/C15H15N5O3S/c1-2-20-12-7-3-4-8-13(12)24(22,23)19-15(20)18-17-14(21)11-6-5-9-16-10-11/h3-10H,2H2,1H3,(H,17,21)(H,18,19). The summed E-state index contributed by atoms with van der Waals surface area (Å²) in [6.07, 6.45) is 2.96. The smallest absolute Gasteiger partial charge is 0.287 e. The van der Waals surface area contributed by atoms with Crippen molar-refractivity contribution in [2.24, 2.45) is 4.40 Å². The maximum absolute atomic E-state index is 12.3. The van der Waals surface area contributed by atoms with Crippen LogP contribution in [-0.2, 0) is 10.0 Å². The number of pyridine rings is 1. The second kappa shape index (κ2) is 6.28. The van der Waals surface area contributed by atoms with Crippen LogP contribution in [0.15, 0.2) is 58.1 Å². The van der Waals surface area contributed by atoms with Crippen LogP contribution in [0.1, 0.15) is 17.3 Å². The van der Waals surface area contributed by atoms with Crippen LogP contribution in [0.2, 0.25) is 0 Å². The first kappa shape index (κ1) is 15.9. The minimum absolute atomic E-state index is 0.0356. The molecule has 0 spiro atoms. The van der Waals surface area contributed by atoms with E-state index in [1.165, 1.54) is 12.3 Å². The number of hydrazine groups is 1. The summed E-state index contributed by atoms with van der Waals surface area (Å²) < 4.78 is 28.3. The van der Waals surface area contributed by atoms with E-state index in [9.17, 15) is 13.2 Å². The first-order chi connectivity index (χ1) is 11.5. The minimum Gasteiger partial charge on any atom is -0.309 e. The normalized spacial score (nSPS) is 15.2. The number of carbonyl (C=O) groups excluding carboxylic acids is 1. The molecule has 1 aromatic carbocycles. The summed E-state index contributed by atoms with van der Waals surface area (Å²) in [5.41, 5.74) is 5.87. The Hall–Kier alpha value is -2.94. The average molecular weight is 345 g/mol. The molecule has 1 aliphatic rings. The number of hydrogen-bond donors (Lipinski definition) is 2. The molecule has 0 unspecified atom stereocenters. The molecule has 0 bridgehead atoms. The Labute approximate surface area is 139 Å². The number of benzene rings is 1. The molecular formula is C15H15N5O3S. The quantitative estimate of drug-likeness (QED) is 0.784. The van der Waals surface area contributed by atoms with Gasteiger partial charge in [0.1, 0.15) is 4.90 Å². The summed E-state index contributed by atoms with van der Waals surface area (Å²) in [7, 11) is -3.83. The number of fused-ring (bicyclic) bond motifs is 1. The van der Waals surface area contributed by atoms with E-state index in [1.54, 1.807) is 41.4 Å². The van der Waals surface area contributed by atoms with Gasteiger partial charge in [0.15, 0.2) is 0 Å². The molecule has 1 aliphatic heterocycles. The van der Waals surface area contributed by atoms with Crippen molar-refractivity contribution in [2.75, 3.05) is 11.4 Å². The Morgan fingerprint density at radius 3 is 2.71 bits per heavy atom. The number of para-hydroxylation sites is 1. The third-order valence-electron chi connectivity index (χ3n) is 3.42. The van der Waals surface area contributed by atoms with Gasteiger partial charge in [0, 0.05) is 18.9 Å². The van der Waals surface area contributed by atoms with E-state index in [-0.39, 0.29) is 10.9 Å². The maximum atomic E-state index is 12.3. The average Bonchev–Trinajstić information content (AvgIpc) is 2.60. The van der Waals surface area contributed by atoms with Crippen molar-refractivity contribution in [3.05, 3.63) is 54.4 Å². The van der Waals surface area contributed by atoms with Crippen molar-refractivity contribution in [3.8, 4) is 0 Å². The third kappa shape index (κ3) is 2.93. The molecule has 1 aromatic heterocycles. The third-order valence-corrected chi connectivity index (χ3v) is 4.74. The molecular weight excluding hydrogens is 330 g/mol. The van der Waals surface area contributed by atoms with Gasteiger partial charge >= 0.3 is 0 Å². The number of aromatic nitrogens is 1. The molecule has 124 valence electrons. The van der Waals surface area contributed by atoms with Crippen LogP contribution >= 0.6 is 0 Å². The van der Waals surface area contributed by atoms with Crippen molar-refractivity contribution in [1.82, 2.24) is 15.8 Å². The lowest BCUT2D eigenvalue weighted by molar-refractivity contribution is 0.0943. The molecule has 24 heavy (non-hydrogen) atoms. The summed E-state index contributed by atoms with van der Waals surface area (Å²) in [6.45, 7) is 2.33. The number of guanidine groups is 1. The fourth-order valence-electron chi connectivity index (χ4n) is 2.32. The number of hydrogen-bond acceptors (Lipinski definition) is 6.